The van der Waals surface area contributed by atoms with Gasteiger partial charge in [0, 0.05) is 0 Å². The summed E-state index contributed by atoms with van der Waals surface area (Å²) < 4.78 is 2.14. The van der Waals surface area contributed by atoms with Gasteiger partial charge in [0.1, 0.15) is 18.8 Å². The van der Waals surface area contributed by atoms with E-state index in [0.717, 1.165) is 12.4 Å². The van der Waals surface area contributed by atoms with Gasteiger partial charge in [0.25, 0.3) is 5.82 Å². The number of rotatable bonds is 7. The van der Waals surface area contributed by atoms with Crippen LogP contribution in [0.15, 0.2) is 12.4 Å². The quantitative estimate of drug-likeness (QED) is 0.568. The third-order valence-electron chi connectivity index (χ3n) is 2.24. The third kappa shape index (κ3) is 4.39. The van der Waals surface area contributed by atoms with Crippen LogP contribution in [0.4, 0.5) is 0 Å². The van der Waals surface area contributed by atoms with Gasteiger partial charge in [-0.1, -0.05) is 6.92 Å². The lowest BCUT2D eigenvalue weighted by Gasteiger charge is -1.99. The number of hydrogen-bond donors (Lipinski definition) is 1. The molecule has 0 radical (unpaired) electrons. The lowest BCUT2D eigenvalue weighted by molar-refractivity contribution is -0.702. The van der Waals surface area contributed by atoms with E-state index in [1.54, 1.807) is 0 Å². The first-order valence-electron chi connectivity index (χ1n) is 5.39. The standard InChI is InChI=1S/C11H17N3S/c1-2-15-10-4-3-8-14-9-7-13-11(14)5-6-12/h7,9H,2-5,8,10H2,1H3/p+1. The number of aromatic amines is 1. The fourth-order valence-electron chi connectivity index (χ4n) is 1.46. The predicted molar refractivity (Wildman–Crippen MR) is 62.5 cm³/mol. The van der Waals surface area contributed by atoms with Crippen LogP contribution in [0.5, 0.6) is 0 Å². The average molecular weight is 224 g/mol. The summed E-state index contributed by atoms with van der Waals surface area (Å²) in [6.07, 6.45) is 6.82. The van der Waals surface area contributed by atoms with Gasteiger partial charge in [0.15, 0.2) is 0 Å². The number of imidazole rings is 1. The van der Waals surface area contributed by atoms with Gasteiger partial charge in [-0.05, 0) is 24.3 Å². The molecule has 3 nitrogen and oxygen atoms in total. The predicted octanol–water partition coefficient (Wildman–Crippen LogP) is 1.90. The molecule has 1 rings (SSSR count). The minimum Gasteiger partial charge on any atom is -0.247 e. The SMILES string of the molecule is CCSCCCC[n+]1cc[nH]c1CC#N. The molecule has 1 N–H and O–H groups in total. The Balaban J connectivity index is 2.25. The van der Waals surface area contributed by atoms with E-state index in [1.807, 2.05) is 24.2 Å². The van der Waals surface area contributed by atoms with E-state index in [4.69, 9.17) is 5.26 Å². The van der Waals surface area contributed by atoms with Gasteiger partial charge in [-0.25, -0.2) is 9.55 Å². The van der Waals surface area contributed by atoms with Crippen LogP contribution in [0.1, 0.15) is 25.6 Å². The zero-order valence-corrected chi connectivity index (χ0v) is 10.0. The maximum Gasteiger partial charge on any atom is 0.268 e. The summed E-state index contributed by atoms with van der Waals surface area (Å²) >= 11 is 1.99. The van der Waals surface area contributed by atoms with Crippen molar-refractivity contribution >= 4 is 11.8 Å². The summed E-state index contributed by atoms with van der Waals surface area (Å²) in [7, 11) is 0. The van der Waals surface area contributed by atoms with E-state index < -0.39 is 0 Å². The largest absolute Gasteiger partial charge is 0.268 e. The average Bonchev–Trinajstić information content (AvgIpc) is 2.66. The molecule has 4 heteroatoms. The van der Waals surface area contributed by atoms with Crippen LogP contribution in [0, 0.1) is 11.3 Å². The van der Waals surface area contributed by atoms with Crippen LogP contribution in [-0.4, -0.2) is 16.5 Å². The van der Waals surface area contributed by atoms with E-state index in [-0.39, 0.29) is 0 Å². The number of hydrogen-bond acceptors (Lipinski definition) is 2. The summed E-state index contributed by atoms with van der Waals surface area (Å²) in [5, 5.41) is 8.62. The van der Waals surface area contributed by atoms with Crippen LogP contribution in [0.25, 0.3) is 0 Å². The van der Waals surface area contributed by atoms with E-state index in [1.165, 1.54) is 24.3 Å². The number of aryl methyl sites for hydroxylation is 1. The monoisotopic (exact) mass is 224 g/mol. The van der Waals surface area contributed by atoms with Crippen molar-refractivity contribution in [1.82, 2.24) is 4.98 Å². The Hall–Kier alpha value is -0.950. The summed E-state index contributed by atoms with van der Waals surface area (Å²) in [5.74, 6) is 3.46. The fourth-order valence-corrected chi connectivity index (χ4v) is 2.16. The van der Waals surface area contributed by atoms with Crippen LogP contribution in [-0.2, 0) is 13.0 Å². The molecule has 0 aliphatic rings. The topological polar surface area (TPSA) is 43.5 Å². The van der Waals surface area contributed by atoms with Gasteiger partial charge in [0.05, 0.1) is 12.6 Å². The molecule has 0 atom stereocenters. The van der Waals surface area contributed by atoms with E-state index in [0.29, 0.717) is 6.42 Å². The van der Waals surface area contributed by atoms with Crippen LogP contribution in [0.2, 0.25) is 0 Å². The van der Waals surface area contributed by atoms with Gasteiger partial charge in [-0.15, -0.1) is 0 Å². The number of nitrogens with one attached hydrogen (secondary N) is 1. The van der Waals surface area contributed by atoms with Gasteiger partial charge < -0.3 is 0 Å². The highest BCUT2D eigenvalue weighted by molar-refractivity contribution is 7.99. The molecular formula is C11H18N3S+. The Kier molecular flexibility index (Phi) is 5.94. The summed E-state index contributed by atoms with van der Waals surface area (Å²) in [4.78, 5) is 3.09. The van der Waals surface area contributed by atoms with Gasteiger partial charge in [-0.2, -0.15) is 17.0 Å². The smallest absolute Gasteiger partial charge is 0.247 e. The summed E-state index contributed by atoms with van der Waals surface area (Å²) in [5.41, 5.74) is 0. The third-order valence-corrected chi connectivity index (χ3v) is 3.23. The number of unbranched alkanes of at least 4 members (excludes halogenated alkanes) is 1. The van der Waals surface area contributed by atoms with Crippen molar-refractivity contribution in [3.05, 3.63) is 18.2 Å². The second-order valence-electron chi connectivity index (χ2n) is 3.34. The second kappa shape index (κ2) is 7.36. The minimum absolute atomic E-state index is 0.469. The maximum absolute atomic E-state index is 8.62. The first-order valence-corrected chi connectivity index (χ1v) is 6.54. The number of aromatic nitrogens is 2. The lowest BCUT2D eigenvalue weighted by atomic mass is 10.3. The van der Waals surface area contributed by atoms with Crippen LogP contribution < -0.4 is 4.57 Å². The molecule has 0 amide bonds. The molecule has 0 aliphatic carbocycles. The van der Waals surface area contributed by atoms with E-state index in [2.05, 4.69) is 22.5 Å². The second-order valence-corrected chi connectivity index (χ2v) is 4.73. The minimum atomic E-state index is 0.469. The van der Waals surface area contributed by atoms with Crippen molar-refractivity contribution in [2.45, 2.75) is 32.7 Å². The fraction of sp³-hybridized carbons (Fsp3) is 0.636. The van der Waals surface area contributed by atoms with Crippen molar-refractivity contribution in [2.75, 3.05) is 11.5 Å². The highest BCUT2D eigenvalue weighted by Crippen LogP contribution is 2.03. The highest BCUT2D eigenvalue weighted by Gasteiger charge is 2.08. The van der Waals surface area contributed by atoms with E-state index in [9.17, 15) is 0 Å². The van der Waals surface area contributed by atoms with Crippen LogP contribution >= 0.6 is 11.8 Å². The molecule has 1 aromatic heterocycles. The Morgan fingerprint density at radius 3 is 3.13 bits per heavy atom. The Labute approximate surface area is 95.5 Å². The van der Waals surface area contributed by atoms with Crippen molar-refractivity contribution in [2.24, 2.45) is 0 Å². The number of H-pyrrole nitrogens is 1. The highest BCUT2D eigenvalue weighted by atomic mass is 32.2. The Morgan fingerprint density at radius 2 is 2.40 bits per heavy atom. The molecule has 82 valence electrons. The molecule has 0 bridgehead atoms. The molecule has 15 heavy (non-hydrogen) atoms. The van der Waals surface area contributed by atoms with Crippen molar-refractivity contribution in [3.8, 4) is 6.07 Å². The first-order chi connectivity index (χ1) is 7.38. The molecule has 0 aromatic carbocycles. The summed E-state index contributed by atoms with van der Waals surface area (Å²) in [6.45, 7) is 3.21. The van der Waals surface area contributed by atoms with Crippen molar-refractivity contribution < 1.29 is 4.57 Å². The maximum atomic E-state index is 8.62. The molecule has 0 aliphatic heterocycles. The Bertz CT molecular complexity index is 314. The molecule has 0 fully saturated rings. The first kappa shape index (κ1) is 12.1. The molecule has 0 unspecified atom stereocenters. The van der Waals surface area contributed by atoms with Crippen molar-refractivity contribution in [1.29, 1.82) is 5.26 Å². The normalized spacial score (nSPS) is 10.1. The number of nitrogens with zero attached hydrogens (tertiary/aromatic N) is 2. The molecular weight excluding hydrogens is 206 g/mol. The zero-order chi connectivity index (χ0) is 10.9. The molecule has 0 spiro atoms. The van der Waals surface area contributed by atoms with Gasteiger partial charge in [0.2, 0.25) is 0 Å². The summed E-state index contributed by atoms with van der Waals surface area (Å²) in [6, 6.07) is 2.17. The molecule has 0 saturated heterocycles. The van der Waals surface area contributed by atoms with Crippen molar-refractivity contribution in [3.63, 3.8) is 0 Å². The number of thioether (sulfide) groups is 1. The van der Waals surface area contributed by atoms with Crippen LogP contribution in [0.3, 0.4) is 0 Å². The lowest BCUT2D eigenvalue weighted by Crippen LogP contribution is -2.35. The number of nitriles is 1. The van der Waals surface area contributed by atoms with E-state index >= 15 is 0 Å². The van der Waals surface area contributed by atoms with Gasteiger partial charge in [-0.3, -0.25) is 0 Å². The Morgan fingerprint density at radius 1 is 1.53 bits per heavy atom. The molecule has 1 aromatic rings. The molecule has 0 saturated carbocycles. The zero-order valence-electron chi connectivity index (χ0n) is 9.20. The molecule has 1 heterocycles. The van der Waals surface area contributed by atoms with Gasteiger partial charge >= 0.3 is 0 Å².